The first-order chi connectivity index (χ1) is 8.66. The Morgan fingerprint density at radius 3 is 2.78 bits per heavy atom. The summed E-state index contributed by atoms with van der Waals surface area (Å²) in [5, 5.41) is 10.4. The highest BCUT2D eigenvalue weighted by molar-refractivity contribution is 6.29. The van der Waals surface area contributed by atoms with Crippen molar-refractivity contribution in [3.63, 3.8) is 0 Å². The molecule has 0 aromatic carbocycles. The van der Waals surface area contributed by atoms with Crippen LogP contribution in [0.4, 0.5) is 0 Å². The van der Waals surface area contributed by atoms with Crippen LogP contribution >= 0.6 is 11.6 Å². The Hall–Kier alpha value is -2.01. The number of amides is 1. The molecule has 2 heterocycles. The molecule has 1 amide bonds. The topological polar surface area (TPSA) is 67.8 Å². The van der Waals surface area contributed by atoms with Gasteiger partial charge in [-0.05, 0) is 30.7 Å². The smallest absolute Gasteiger partial charge is 0.272 e. The van der Waals surface area contributed by atoms with Gasteiger partial charge in [0.15, 0.2) is 10.8 Å². The molecule has 1 N–H and O–H groups in total. The third kappa shape index (κ3) is 3.01. The van der Waals surface area contributed by atoms with Crippen LogP contribution in [-0.4, -0.2) is 21.1 Å². The van der Waals surface area contributed by atoms with Crippen molar-refractivity contribution >= 4 is 17.5 Å². The third-order valence-corrected chi connectivity index (χ3v) is 2.60. The average Bonchev–Trinajstić information content (AvgIpc) is 2.40. The van der Waals surface area contributed by atoms with Crippen LogP contribution in [0, 0.1) is 0 Å². The normalized spacial score (nSPS) is 11.9. The standard InChI is InChI=1S/C12H11ClN4O/c1-8(9-3-2-6-14-7-9)15-12(18)10-4-5-11(13)17-16-10/h2-8H,1H3,(H,15,18). The molecule has 5 nitrogen and oxygen atoms in total. The fraction of sp³-hybridized carbons (Fsp3) is 0.167. The van der Waals surface area contributed by atoms with Crippen molar-refractivity contribution < 1.29 is 4.79 Å². The van der Waals surface area contributed by atoms with Gasteiger partial charge >= 0.3 is 0 Å². The minimum atomic E-state index is -0.296. The number of hydrogen-bond acceptors (Lipinski definition) is 4. The molecule has 0 aliphatic rings. The zero-order valence-electron chi connectivity index (χ0n) is 9.67. The molecule has 0 spiro atoms. The Kier molecular flexibility index (Phi) is 3.84. The first-order valence-electron chi connectivity index (χ1n) is 5.37. The Labute approximate surface area is 109 Å². The van der Waals surface area contributed by atoms with E-state index >= 15 is 0 Å². The lowest BCUT2D eigenvalue weighted by Crippen LogP contribution is -2.27. The molecule has 6 heteroatoms. The van der Waals surface area contributed by atoms with Gasteiger partial charge in [-0.3, -0.25) is 9.78 Å². The van der Waals surface area contributed by atoms with Crippen LogP contribution in [0.5, 0.6) is 0 Å². The Bertz CT molecular complexity index is 530. The average molecular weight is 263 g/mol. The number of nitrogens with zero attached hydrogens (tertiary/aromatic N) is 3. The largest absolute Gasteiger partial charge is 0.344 e. The summed E-state index contributed by atoms with van der Waals surface area (Å²) >= 11 is 5.60. The van der Waals surface area contributed by atoms with Crippen LogP contribution in [0.3, 0.4) is 0 Å². The fourth-order valence-electron chi connectivity index (χ4n) is 1.42. The lowest BCUT2D eigenvalue weighted by Gasteiger charge is -2.13. The number of carbonyl (C=O) groups excluding carboxylic acids is 1. The minimum absolute atomic E-state index is 0.149. The van der Waals surface area contributed by atoms with Gasteiger partial charge in [-0.25, -0.2) is 0 Å². The molecule has 0 aliphatic carbocycles. The highest BCUT2D eigenvalue weighted by Gasteiger charge is 2.12. The van der Waals surface area contributed by atoms with Gasteiger partial charge in [-0.2, -0.15) is 0 Å². The highest BCUT2D eigenvalue weighted by atomic mass is 35.5. The Balaban J connectivity index is 2.06. The molecule has 0 bridgehead atoms. The van der Waals surface area contributed by atoms with E-state index in [4.69, 9.17) is 11.6 Å². The first-order valence-corrected chi connectivity index (χ1v) is 5.74. The molecule has 18 heavy (non-hydrogen) atoms. The van der Waals surface area contributed by atoms with E-state index in [2.05, 4.69) is 20.5 Å². The van der Waals surface area contributed by atoms with Crippen molar-refractivity contribution in [3.05, 3.63) is 53.1 Å². The van der Waals surface area contributed by atoms with Crippen molar-refractivity contribution in [2.75, 3.05) is 0 Å². The van der Waals surface area contributed by atoms with E-state index in [0.29, 0.717) is 0 Å². The number of nitrogens with one attached hydrogen (secondary N) is 1. The molecule has 0 fully saturated rings. The summed E-state index contributed by atoms with van der Waals surface area (Å²) < 4.78 is 0. The number of aromatic nitrogens is 3. The van der Waals surface area contributed by atoms with Gasteiger partial charge in [0, 0.05) is 12.4 Å². The summed E-state index contributed by atoms with van der Waals surface area (Å²) in [5.74, 6) is -0.296. The van der Waals surface area contributed by atoms with Crippen molar-refractivity contribution in [3.8, 4) is 0 Å². The van der Waals surface area contributed by atoms with E-state index in [9.17, 15) is 4.79 Å². The SMILES string of the molecule is CC(NC(=O)c1ccc(Cl)nn1)c1cccnc1. The minimum Gasteiger partial charge on any atom is -0.344 e. The lowest BCUT2D eigenvalue weighted by molar-refractivity contribution is 0.0934. The van der Waals surface area contributed by atoms with E-state index in [-0.39, 0.29) is 22.8 Å². The van der Waals surface area contributed by atoms with Gasteiger partial charge in [0.2, 0.25) is 0 Å². The Morgan fingerprint density at radius 1 is 1.33 bits per heavy atom. The zero-order chi connectivity index (χ0) is 13.0. The molecule has 0 radical (unpaired) electrons. The predicted octanol–water partition coefficient (Wildman–Crippen LogP) is 2.02. The first kappa shape index (κ1) is 12.4. The second-order valence-electron chi connectivity index (χ2n) is 3.72. The van der Waals surface area contributed by atoms with Gasteiger partial charge < -0.3 is 5.32 Å². The Morgan fingerprint density at radius 2 is 2.17 bits per heavy atom. The maximum Gasteiger partial charge on any atom is 0.272 e. The number of rotatable bonds is 3. The molecule has 0 aliphatic heterocycles. The van der Waals surface area contributed by atoms with Crippen molar-refractivity contribution in [1.82, 2.24) is 20.5 Å². The van der Waals surface area contributed by atoms with Crippen LogP contribution in [0.25, 0.3) is 0 Å². The second kappa shape index (κ2) is 5.55. The van der Waals surface area contributed by atoms with Crippen molar-refractivity contribution in [1.29, 1.82) is 0 Å². The van der Waals surface area contributed by atoms with E-state index < -0.39 is 0 Å². The molecule has 2 aromatic rings. The molecular formula is C12H11ClN4O. The van der Waals surface area contributed by atoms with E-state index in [0.717, 1.165) is 5.56 Å². The monoisotopic (exact) mass is 262 g/mol. The molecule has 92 valence electrons. The third-order valence-electron chi connectivity index (χ3n) is 2.40. The molecule has 1 atom stereocenters. The summed E-state index contributed by atoms with van der Waals surface area (Å²) in [7, 11) is 0. The van der Waals surface area contributed by atoms with E-state index in [1.807, 2.05) is 19.1 Å². The van der Waals surface area contributed by atoms with Gasteiger partial charge in [-0.15, -0.1) is 10.2 Å². The number of halogens is 1. The fourth-order valence-corrected chi connectivity index (χ4v) is 1.52. The summed E-state index contributed by atoms with van der Waals surface area (Å²) in [4.78, 5) is 15.9. The van der Waals surface area contributed by atoms with Crippen LogP contribution in [0.2, 0.25) is 5.15 Å². The summed E-state index contributed by atoms with van der Waals surface area (Å²) in [6.07, 6.45) is 3.39. The second-order valence-corrected chi connectivity index (χ2v) is 4.11. The van der Waals surface area contributed by atoms with Crippen LogP contribution in [0.15, 0.2) is 36.7 Å². The van der Waals surface area contributed by atoms with Gasteiger partial charge in [0.25, 0.3) is 5.91 Å². The number of pyridine rings is 1. The molecule has 2 rings (SSSR count). The van der Waals surface area contributed by atoms with Crippen molar-refractivity contribution in [2.24, 2.45) is 0 Å². The molecule has 2 aromatic heterocycles. The molecule has 0 saturated heterocycles. The maximum atomic E-state index is 11.9. The van der Waals surface area contributed by atoms with Crippen molar-refractivity contribution in [2.45, 2.75) is 13.0 Å². The van der Waals surface area contributed by atoms with Crippen LogP contribution < -0.4 is 5.32 Å². The van der Waals surface area contributed by atoms with E-state index in [1.54, 1.807) is 12.4 Å². The summed E-state index contributed by atoms with van der Waals surface area (Å²) in [6, 6.07) is 6.62. The molecule has 0 saturated carbocycles. The van der Waals surface area contributed by atoms with Gasteiger partial charge in [0.1, 0.15) is 0 Å². The summed E-state index contributed by atoms with van der Waals surface area (Å²) in [5.41, 5.74) is 1.16. The van der Waals surface area contributed by atoms with Crippen LogP contribution in [-0.2, 0) is 0 Å². The summed E-state index contributed by atoms with van der Waals surface area (Å²) in [6.45, 7) is 1.87. The number of carbonyl (C=O) groups is 1. The van der Waals surface area contributed by atoms with Crippen LogP contribution in [0.1, 0.15) is 29.0 Å². The maximum absolute atomic E-state index is 11.9. The molecule has 1 unspecified atom stereocenters. The van der Waals surface area contributed by atoms with E-state index in [1.165, 1.54) is 12.1 Å². The quantitative estimate of drug-likeness (QED) is 0.919. The van der Waals surface area contributed by atoms with Gasteiger partial charge in [0.05, 0.1) is 6.04 Å². The lowest BCUT2D eigenvalue weighted by atomic mass is 10.1. The number of hydrogen-bond donors (Lipinski definition) is 1. The molecular weight excluding hydrogens is 252 g/mol. The zero-order valence-corrected chi connectivity index (χ0v) is 10.4. The highest BCUT2D eigenvalue weighted by Crippen LogP contribution is 2.10. The van der Waals surface area contributed by atoms with Gasteiger partial charge in [-0.1, -0.05) is 17.7 Å². The predicted molar refractivity (Wildman–Crippen MR) is 67.2 cm³/mol.